The Bertz CT molecular complexity index is 68.6. The van der Waals surface area contributed by atoms with E-state index < -0.39 is 5.97 Å². The van der Waals surface area contributed by atoms with E-state index in [0.29, 0.717) is 0 Å². The zero-order chi connectivity index (χ0) is 11.6. The van der Waals surface area contributed by atoms with Crippen LogP contribution >= 0.6 is 0 Å². The number of carbonyl (C=O) groups excluding carboxylic acids is 4. The summed E-state index contributed by atoms with van der Waals surface area (Å²) in [4.78, 5) is 40.0. The molecule has 7 heteroatoms. The Morgan fingerprint density at radius 2 is 0.857 bits per heavy atom. The molecule has 1 radical (unpaired) electrons. The van der Waals surface area contributed by atoms with Gasteiger partial charge in [-0.1, -0.05) is 0 Å². The van der Waals surface area contributed by atoms with Crippen LogP contribution in [0.15, 0.2) is 0 Å². The number of hydrogen-bond acceptors (Lipinski definition) is 5. The van der Waals surface area contributed by atoms with Gasteiger partial charge in [0.15, 0.2) is 0 Å². The van der Waals surface area contributed by atoms with Crippen LogP contribution in [0.3, 0.4) is 0 Å². The molecule has 0 atom stereocenters. The first kappa shape index (κ1) is 53.7. The summed E-state index contributed by atoms with van der Waals surface area (Å²) in [6.07, 6.45) is 0. The summed E-state index contributed by atoms with van der Waals surface area (Å²) in [5.41, 5.74) is 0. The molecule has 6 nitrogen and oxygen atoms in total. The van der Waals surface area contributed by atoms with Crippen LogP contribution in [0.25, 0.3) is 0 Å². The Labute approximate surface area is 94.2 Å². The van der Waals surface area contributed by atoms with E-state index in [1.807, 2.05) is 0 Å². The first-order chi connectivity index (χ1) is 5.73. The maximum Gasteiger partial charge on any atom is 0.300 e. The molecule has 0 fully saturated rings. The maximum atomic E-state index is 9.00. The number of aliphatic carboxylic acids is 1. The van der Waals surface area contributed by atoms with Gasteiger partial charge in [-0.3, -0.25) is 32.0 Å². The Balaban J connectivity index is -0.00000000887. The normalized spacial score (nSPS) is 2.93. The third-order valence-corrected chi connectivity index (χ3v) is 0. The Morgan fingerprint density at radius 1 is 0.857 bits per heavy atom. The van der Waals surface area contributed by atoms with E-state index in [0.717, 1.165) is 6.92 Å². The topological polar surface area (TPSA) is 106 Å². The molecule has 0 aromatic heterocycles. The van der Waals surface area contributed by atoms with Gasteiger partial charge in [-0.25, -0.2) is 0 Å². The van der Waals surface area contributed by atoms with Gasteiger partial charge in [-0.05, 0) is 0 Å². The number of rotatable bonds is 0. The van der Waals surface area contributed by atoms with E-state index in [2.05, 4.69) is 27.2 Å². The molecule has 0 saturated heterocycles. The summed E-state index contributed by atoms with van der Waals surface area (Å²) in [6.45, 7) is 14.1. The molecule has 0 aliphatic carbocycles. The van der Waals surface area contributed by atoms with E-state index in [-0.39, 0.29) is 24.5 Å². The Kier molecular flexibility index (Phi) is 1830. The van der Waals surface area contributed by atoms with Crippen molar-refractivity contribution in [2.45, 2.75) is 6.92 Å². The van der Waals surface area contributed by atoms with Gasteiger partial charge in [0.25, 0.3) is 5.97 Å². The van der Waals surface area contributed by atoms with Gasteiger partial charge in [-0.15, -0.1) is 0 Å². The molecule has 0 bridgehead atoms. The molecular weight excluding hydrogens is 235 g/mol. The minimum absolute atomic E-state index is 0. The zero-order valence-electron chi connectivity index (χ0n) is 7.68. The predicted molar refractivity (Wildman–Crippen MR) is 46.7 cm³/mol. The Morgan fingerprint density at radius 3 is 0.857 bits per heavy atom. The molecule has 0 spiro atoms. The second-order valence-corrected chi connectivity index (χ2v) is 0.519. The van der Waals surface area contributed by atoms with Gasteiger partial charge in [-0.2, -0.15) is 0 Å². The van der Waals surface area contributed by atoms with Crippen LogP contribution in [0.1, 0.15) is 6.92 Å². The molecule has 0 aromatic carbocycles. The maximum absolute atomic E-state index is 9.00. The molecular formula is C7H11MnO6-5. The monoisotopic (exact) mass is 246 g/mol. The van der Waals surface area contributed by atoms with Gasteiger partial charge < -0.3 is 31.7 Å². The van der Waals surface area contributed by atoms with Crippen molar-refractivity contribution < 1.29 is 46.1 Å². The van der Waals surface area contributed by atoms with Crippen molar-refractivity contribution in [1.29, 1.82) is 0 Å². The molecule has 0 heterocycles. The second-order valence-electron chi connectivity index (χ2n) is 0.519. The fourth-order valence-corrected chi connectivity index (χ4v) is 0. The third-order valence-electron chi connectivity index (χ3n) is 0. The summed E-state index contributed by atoms with van der Waals surface area (Å²) in [5, 5.41) is 7.42. The first-order valence-electron chi connectivity index (χ1n) is 1.87. The molecule has 0 amide bonds. The summed E-state index contributed by atoms with van der Waals surface area (Å²) < 4.78 is 0. The van der Waals surface area contributed by atoms with Gasteiger partial charge in [0.1, 0.15) is 0 Å². The van der Waals surface area contributed by atoms with E-state index >= 15 is 0 Å². The Hall–Kier alpha value is -1.33. The van der Waals surface area contributed by atoms with Gasteiger partial charge in [0.05, 0.1) is 0 Å². The summed E-state index contributed by atoms with van der Waals surface area (Å²) >= 11 is 0. The number of carbonyl (C=O) groups is 1. The largest absolute Gasteiger partial charge is 0.545 e. The van der Waals surface area contributed by atoms with Crippen molar-refractivity contribution in [1.82, 2.24) is 0 Å². The van der Waals surface area contributed by atoms with Crippen LogP contribution in [0.4, 0.5) is 0 Å². The standard InChI is InChI=1S/C2H4O2.4CHO.CH3.Mn/c1-2(3)4;4*1-2;;/h1H3,(H,3,4);4*1H;1H3;/q;5*-1;. The minimum Gasteiger partial charge on any atom is -0.545 e. The number of carboxylic acids is 1. The van der Waals surface area contributed by atoms with E-state index in [1.54, 1.807) is 0 Å². The average Bonchev–Trinajstić information content (AvgIpc) is 2.16. The van der Waals surface area contributed by atoms with Crippen molar-refractivity contribution in [3.63, 3.8) is 0 Å². The summed E-state index contributed by atoms with van der Waals surface area (Å²) in [6, 6.07) is 0. The van der Waals surface area contributed by atoms with Gasteiger partial charge >= 0.3 is 0 Å². The summed E-state index contributed by atoms with van der Waals surface area (Å²) in [7, 11) is 0. The smallest absolute Gasteiger partial charge is 0.300 e. The predicted octanol–water partition coefficient (Wildman–Crippen LogP) is -0.558. The third kappa shape index (κ3) is 564. The van der Waals surface area contributed by atoms with Crippen LogP contribution in [-0.4, -0.2) is 38.2 Å². The SMILES string of the molecule is CC(=O)O.[CH-]=O.[CH-]=O.[CH-]=O.[CH-]=O.[CH3-].[Mn]. The van der Waals surface area contributed by atoms with Crippen LogP contribution in [0.2, 0.25) is 0 Å². The van der Waals surface area contributed by atoms with E-state index in [4.69, 9.17) is 29.1 Å². The molecule has 0 rings (SSSR count). The zero-order valence-corrected chi connectivity index (χ0v) is 8.86. The van der Waals surface area contributed by atoms with Crippen LogP contribution in [0, 0.1) is 7.43 Å². The van der Waals surface area contributed by atoms with Gasteiger partial charge in [0.2, 0.25) is 0 Å². The molecule has 1 N–H and O–H groups in total. The van der Waals surface area contributed by atoms with Crippen molar-refractivity contribution in [3.05, 3.63) is 7.43 Å². The second kappa shape index (κ2) is 477. The molecule has 0 saturated carbocycles. The van der Waals surface area contributed by atoms with Crippen molar-refractivity contribution in [3.8, 4) is 0 Å². The quantitative estimate of drug-likeness (QED) is 0.349. The van der Waals surface area contributed by atoms with Gasteiger partial charge in [0, 0.05) is 24.0 Å². The van der Waals surface area contributed by atoms with Crippen LogP contribution < -0.4 is 0 Å². The molecule has 0 aliphatic heterocycles. The molecule has 0 unspecified atom stereocenters. The first-order valence-corrected chi connectivity index (χ1v) is 1.87. The average molecular weight is 246 g/mol. The molecule has 0 aromatic rings. The molecule has 0 aliphatic rings. The molecule has 87 valence electrons. The van der Waals surface area contributed by atoms with E-state index in [9.17, 15) is 0 Å². The van der Waals surface area contributed by atoms with Crippen LogP contribution in [-0.2, 0) is 41.0 Å². The summed E-state index contributed by atoms with van der Waals surface area (Å²) in [5.74, 6) is -0.833. The molecule has 14 heavy (non-hydrogen) atoms. The van der Waals surface area contributed by atoms with Crippen molar-refractivity contribution >= 4 is 33.1 Å². The van der Waals surface area contributed by atoms with Crippen molar-refractivity contribution in [2.75, 3.05) is 0 Å². The van der Waals surface area contributed by atoms with Crippen molar-refractivity contribution in [2.24, 2.45) is 0 Å². The fourth-order valence-electron chi connectivity index (χ4n) is 0. The van der Waals surface area contributed by atoms with Crippen LogP contribution in [0.5, 0.6) is 0 Å². The number of carboxylic acid groups (broad SMARTS) is 1. The fraction of sp³-hybridized carbons (Fsp3) is 0.143. The minimum atomic E-state index is -0.833. The number of hydrogen-bond donors (Lipinski definition) is 1. The van der Waals surface area contributed by atoms with E-state index in [1.165, 1.54) is 0 Å².